The molecule has 1 aromatic carbocycles. The molecule has 1 aromatic heterocycles. The third-order valence-electron chi connectivity index (χ3n) is 4.68. The van der Waals surface area contributed by atoms with Crippen LogP contribution in [-0.4, -0.2) is 10.5 Å². The summed E-state index contributed by atoms with van der Waals surface area (Å²) >= 11 is 0. The Labute approximate surface area is 136 Å². The van der Waals surface area contributed by atoms with Crippen LogP contribution in [0.25, 0.3) is 0 Å². The van der Waals surface area contributed by atoms with Crippen molar-refractivity contribution in [1.82, 2.24) is 9.88 Å². The molecule has 1 atom stereocenters. The number of carbonyl (C=O) groups excluding carboxylic acids is 1. The number of aromatic nitrogens is 1. The number of amides is 1. The van der Waals surface area contributed by atoms with Crippen LogP contribution in [0.3, 0.4) is 0 Å². The second kappa shape index (κ2) is 6.82. The van der Waals surface area contributed by atoms with E-state index in [1.54, 1.807) is 19.3 Å². The van der Waals surface area contributed by atoms with Gasteiger partial charge in [0.05, 0.1) is 6.04 Å². The first-order valence-corrected chi connectivity index (χ1v) is 8.17. The van der Waals surface area contributed by atoms with Gasteiger partial charge >= 0.3 is 0 Å². The third-order valence-corrected chi connectivity index (χ3v) is 4.68. The number of hydrogen-bond acceptors (Lipinski definition) is 2. The third kappa shape index (κ3) is 3.52. The average Bonchev–Trinajstić information content (AvgIpc) is 3.10. The van der Waals surface area contributed by atoms with Gasteiger partial charge in [-0.1, -0.05) is 43.2 Å². The fourth-order valence-corrected chi connectivity index (χ4v) is 3.34. The van der Waals surface area contributed by atoms with Gasteiger partial charge in [0.15, 0.2) is 0 Å². The van der Waals surface area contributed by atoms with Gasteiger partial charge < -0.3 is 9.88 Å². The fraction of sp³-hybridized carbons (Fsp3) is 0.368. The molecule has 0 radical (unpaired) electrons. The Morgan fingerprint density at radius 1 is 1.17 bits per heavy atom. The molecule has 1 aliphatic rings. The van der Waals surface area contributed by atoms with E-state index in [0.29, 0.717) is 11.5 Å². The van der Waals surface area contributed by atoms with E-state index in [9.17, 15) is 9.59 Å². The largest absolute Gasteiger partial charge is 0.345 e. The highest BCUT2D eigenvalue weighted by Crippen LogP contribution is 2.35. The number of carbonyl (C=O) groups is 1. The van der Waals surface area contributed by atoms with Crippen LogP contribution in [0, 0.1) is 5.92 Å². The second-order valence-corrected chi connectivity index (χ2v) is 6.27. The fourth-order valence-electron chi connectivity index (χ4n) is 3.34. The normalized spacial score (nSPS) is 16.2. The van der Waals surface area contributed by atoms with Crippen molar-refractivity contribution < 1.29 is 4.79 Å². The molecule has 1 amide bonds. The molecule has 120 valence electrons. The smallest absolute Gasteiger partial charge is 0.252 e. The summed E-state index contributed by atoms with van der Waals surface area (Å²) in [7, 11) is 1.68. The van der Waals surface area contributed by atoms with Gasteiger partial charge in [0.1, 0.15) is 0 Å². The maximum Gasteiger partial charge on any atom is 0.252 e. The Kier molecular flexibility index (Phi) is 4.60. The lowest BCUT2D eigenvalue weighted by molar-refractivity contribution is 0.0921. The standard InChI is InChI=1S/C19H22N2O2/c1-21-12-11-16(13-17(21)22)19(23)20-18(15-9-5-6-10-15)14-7-3-2-4-8-14/h2-4,7-8,11-13,15,18H,5-6,9-10H2,1H3,(H,20,23)/t18-/m1/s1. The van der Waals surface area contributed by atoms with Crippen molar-refractivity contribution in [2.75, 3.05) is 0 Å². The lowest BCUT2D eigenvalue weighted by Gasteiger charge is -2.25. The van der Waals surface area contributed by atoms with E-state index in [1.165, 1.54) is 23.5 Å². The van der Waals surface area contributed by atoms with Gasteiger partial charge in [-0.05, 0) is 30.4 Å². The van der Waals surface area contributed by atoms with E-state index in [1.807, 2.05) is 18.2 Å². The Bertz CT molecular complexity index is 731. The molecule has 3 rings (SSSR count). The summed E-state index contributed by atoms with van der Waals surface area (Å²) in [4.78, 5) is 24.3. The summed E-state index contributed by atoms with van der Waals surface area (Å²) in [6, 6.07) is 13.2. The van der Waals surface area contributed by atoms with Crippen LogP contribution in [0.2, 0.25) is 0 Å². The summed E-state index contributed by atoms with van der Waals surface area (Å²) in [5.74, 6) is 0.288. The first kappa shape index (κ1) is 15.5. The molecule has 4 heteroatoms. The van der Waals surface area contributed by atoms with Gasteiger partial charge in [-0.25, -0.2) is 0 Å². The van der Waals surface area contributed by atoms with Crippen LogP contribution in [0.4, 0.5) is 0 Å². The molecule has 0 aliphatic heterocycles. The zero-order valence-corrected chi connectivity index (χ0v) is 13.4. The summed E-state index contributed by atoms with van der Waals surface area (Å²) in [5.41, 5.74) is 1.39. The minimum atomic E-state index is -0.177. The Morgan fingerprint density at radius 2 is 1.87 bits per heavy atom. The molecular formula is C19H22N2O2. The zero-order valence-electron chi connectivity index (χ0n) is 13.4. The van der Waals surface area contributed by atoms with E-state index in [-0.39, 0.29) is 17.5 Å². The number of aryl methyl sites for hydroxylation is 1. The first-order valence-electron chi connectivity index (χ1n) is 8.17. The maximum absolute atomic E-state index is 12.6. The molecule has 1 heterocycles. The molecule has 4 nitrogen and oxygen atoms in total. The van der Waals surface area contributed by atoms with Crippen molar-refractivity contribution in [3.05, 3.63) is 70.1 Å². The quantitative estimate of drug-likeness (QED) is 0.943. The molecule has 2 aromatic rings. The van der Waals surface area contributed by atoms with Crippen molar-refractivity contribution in [2.45, 2.75) is 31.7 Å². The van der Waals surface area contributed by atoms with Crippen molar-refractivity contribution in [2.24, 2.45) is 13.0 Å². The number of nitrogens with one attached hydrogen (secondary N) is 1. The highest BCUT2D eigenvalue weighted by molar-refractivity contribution is 5.94. The van der Waals surface area contributed by atoms with Crippen molar-refractivity contribution in [1.29, 1.82) is 0 Å². The predicted molar refractivity (Wildman–Crippen MR) is 90.3 cm³/mol. The summed E-state index contributed by atoms with van der Waals surface area (Å²) in [6.07, 6.45) is 6.34. The van der Waals surface area contributed by atoms with Gasteiger partial charge in [0.2, 0.25) is 0 Å². The monoisotopic (exact) mass is 310 g/mol. The van der Waals surface area contributed by atoms with Crippen LogP contribution < -0.4 is 10.9 Å². The molecule has 1 saturated carbocycles. The van der Waals surface area contributed by atoms with E-state index < -0.39 is 0 Å². The second-order valence-electron chi connectivity index (χ2n) is 6.27. The van der Waals surface area contributed by atoms with Crippen molar-refractivity contribution >= 4 is 5.91 Å². The Hall–Kier alpha value is -2.36. The number of hydrogen-bond donors (Lipinski definition) is 1. The highest BCUT2D eigenvalue weighted by Gasteiger charge is 2.28. The van der Waals surface area contributed by atoms with E-state index in [2.05, 4.69) is 17.4 Å². The van der Waals surface area contributed by atoms with Gasteiger partial charge in [-0.3, -0.25) is 9.59 Å². The Morgan fingerprint density at radius 3 is 2.52 bits per heavy atom. The van der Waals surface area contributed by atoms with Crippen LogP contribution in [0.15, 0.2) is 53.5 Å². The number of nitrogens with zero attached hydrogens (tertiary/aromatic N) is 1. The van der Waals surface area contributed by atoms with E-state index >= 15 is 0 Å². The number of pyridine rings is 1. The van der Waals surface area contributed by atoms with Gasteiger partial charge in [0.25, 0.3) is 11.5 Å². The molecule has 1 fully saturated rings. The zero-order chi connectivity index (χ0) is 16.2. The lowest BCUT2D eigenvalue weighted by atomic mass is 9.91. The summed E-state index contributed by atoms with van der Waals surface area (Å²) < 4.78 is 1.46. The first-order chi connectivity index (χ1) is 11.1. The minimum absolute atomic E-state index is 0.00950. The molecule has 1 aliphatic carbocycles. The van der Waals surface area contributed by atoms with Crippen LogP contribution >= 0.6 is 0 Å². The van der Waals surface area contributed by atoms with E-state index in [0.717, 1.165) is 18.4 Å². The Balaban J connectivity index is 1.84. The van der Waals surface area contributed by atoms with Crippen molar-refractivity contribution in [3.63, 3.8) is 0 Å². The average molecular weight is 310 g/mol. The lowest BCUT2D eigenvalue weighted by Crippen LogP contribution is -2.33. The van der Waals surface area contributed by atoms with Crippen LogP contribution in [0.5, 0.6) is 0 Å². The molecule has 1 N–H and O–H groups in total. The summed E-state index contributed by atoms with van der Waals surface area (Å²) in [6.45, 7) is 0. The number of rotatable bonds is 4. The predicted octanol–water partition coefficient (Wildman–Crippen LogP) is 3.05. The maximum atomic E-state index is 12.6. The van der Waals surface area contributed by atoms with Gasteiger partial charge in [0, 0.05) is 24.9 Å². The van der Waals surface area contributed by atoms with Gasteiger partial charge in [-0.2, -0.15) is 0 Å². The molecule has 0 spiro atoms. The summed E-state index contributed by atoms with van der Waals surface area (Å²) in [5, 5.41) is 3.15. The molecule has 0 bridgehead atoms. The van der Waals surface area contributed by atoms with Crippen molar-refractivity contribution in [3.8, 4) is 0 Å². The highest BCUT2D eigenvalue weighted by atomic mass is 16.2. The van der Waals surface area contributed by atoms with Crippen LogP contribution in [-0.2, 0) is 7.05 Å². The van der Waals surface area contributed by atoms with Gasteiger partial charge in [-0.15, -0.1) is 0 Å². The molecular weight excluding hydrogens is 288 g/mol. The number of benzene rings is 1. The van der Waals surface area contributed by atoms with Crippen LogP contribution in [0.1, 0.15) is 47.6 Å². The molecule has 23 heavy (non-hydrogen) atoms. The SMILES string of the molecule is Cn1ccc(C(=O)N[C@H](c2ccccc2)C2CCCC2)cc1=O. The minimum Gasteiger partial charge on any atom is -0.345 e. The molecule has 0 saturated heterocycles. The topological polar surface area (TPSA) is 51.1 Å². The molecule has 0 unspecified atom stereocenters. The van der Waals surface area contributed by atoms with E-state index in [4.69, 9.17) is 0 Å².